The molecule has 1 aliphatic heterocycles. The summed E-state index contributed by atoms with van der Waals surface area (Å²) in [6.07, 6.45) is 0.267. The number of nitrogen functional groups attached to an aromatic ring is 2. The average Bonchev–Trinajstić information content (AvgIpc) is 2.99. The summed E-state index contributed by atoms with van der Waals surface area (Å²) in [5, 5.41) is 2.57. The van der Waals surface area contributed by atoms with Gasteiger partial charge in [-0.2, -0.15) is 9.97 Å². The molecule has 2 aromatic rings. The Morgan fingerprint density at radius 2 is 2.22 bits per heavy atom. The van der Waals surface area contributed by atoms with E-state index in [2.05, 4.69) is 9.97 Å². The minimum atomic E-state index is -0.635. The highest BCUT2D eigenvalue weighted by Crippen LogP contribution is 2.23. The number of hydrogen-bond acceptors (Lipinski definition) is 8. The van der Waals surface area contributed by atoms with Gasteiger partial charge in [0.15, 0.2) is 5.78 Å². The molecule has 7 nitrogen and oxygen atoms in total. The molecule has 3 rings (SSSR count). The molecule has 23 heavy (non-hydrogen) atoms. The topological polar surface area (TPSA) is 101 Å². The highest BCUT2D eigenvalue weighted by molar-refractivity contribution is 7.10. The lowest BCUT2D eigenvalue weighted by atomic mass is 10.0. The molecule has 1 atom stereocenters. The highest BCUT2D eigenvalue weighted by Gasteiger charge is 2.33. The fourth-order valence-electron chi connectivity index (χ4n) is 2.62. The SMILES string of the molecule is Nc1cc(N2CCN(F)CC2C(=O)Cc2cccs2)nc(N)n1. The standard InChI is InChI=1S/C14H17FN6OS/c15-20-3-4-21(13-7-12(16)18-14(17)19-13)10(8-20)11(22)6-9-2-1-5-23-9/h1-2,5,7,10H,3-4,6,8H2,(H4,16,17,18,19). The van der Waals surface area contributed by atoms with Crippen LogP contribution in [0.1, 0.15) is 4.88 Å². The molecule has 0 bridgehead atoms. The van der Waals surface area contributed by atoms with Crippen LogP contribution in [0.15, 0.2) is 23.6 Å². The maximum Gasteiger partial charge on any atom is 0.223 e. The van der Waals surface area contributed by atoms with Gasteiger partial charge in [-0.05, 0) is 11.4 Å². The van der Waals surface area contributed by atoms with Crippen molar-refractivity contribution in [2.75, 3.05) is 36.0 Å². The predicted octanol–water partition coefficient (Wildman–Crippen LogP) is 0.889. The minimum Gasteiger partial charge on any atom is -0.383 e. The number of carbonyl (C=O) groups excluding carboxylic acids is 1. The van der Waals surface area contributed by atoms with E-state index >= 15 is 0 Å². The predicted molar refractivity (Wildman–Crippen MR) is 87.7 cm³/mol. The largest absolute Gasteiger partial charge is 0.383 e. The van der Waals surface area contributed by atoms with Crippen LogP contribution in [0.25, 0.3) is 0 Å². The molecule has 0 spiro atoms. The van der Waals surface area contributed by atoms with Crippen molar-refractivity contribution in [1.82, 2.24) is 15.1 Å². The van der Waals surface area contributed by atoms with Gasteiger partial charge in [0.25, 0.3) is 0 Å². The first-order valence-electron chi connectivity index (χ1n) is 7.15. The van der Waals surface area contributed by atoms with E-state index in [-0.39, 0.29) is 37.1 Å². The normalized spacial score (nSPS) is 19.0. The smallest absolute Gasteiger partial charge is 0.223 e. The zero-order valence-corrected chi connectivity index (χ0v) is 13.2. The first kappa shape index (κ1) is 15.6. The lowest BCUT2D eigenvalue weighted by Gasteiger charge is -2.37. The van der Waals surface area contributed by atoms with Crippen LogP contribution in [-0.4, -0.2) is 46.5 Å². The maximum atomic E-state index is 13.7. The summed E-state index contributed by atoms with van der Waals surface area (Å²) in [5.74, 6) is 0.643. The molecule has 0 aliphatic carbocycles. The molecule has 3 heterocycles. The van der Waals surface area contributed by atoms with Gasteiger partial charge >= 0.3 is 0 Å². The number of nitrogens with two attached hydrogens (primary N) is 2. The van der Waals surface area contributed by atoms with E-state index in [0.29, 0.717) is 17.5 Å². The van der Waals surface area contributed by atoms with Gasteiger partial charge < -0.3 is 16.4 Å². The number of nitrogens with zero attached hydrogens (tertiary/aromatic N) is 4. The van der Waals surface area contributed by atoms with E-state index in [1.54, 1.807) is 11.0 Å². The van der Waals surface area contributed by atoms with Gasteiger partial charge in [-0.1, -0.05) is 6.07 Å². The number of ketones is 1. The van der Waals surface area contributed by atoms with Crippen LogP contribution in [-0.2, 0) is 11.2 Å². The van der Waals surface area contributed by atoms with Crippen molar-refractivity contribution in [3.05, 3.63) is 28.5 Å². The quantitative estimate of drug-likeness (QED) is 0.800. The fraction of sp³-hybridized carbons (Fsp3) is 0.357. The zero-order chi connectivity index (χ0) is 16.4. The van der Waals surface area contributed by atoms with Gasteiger partial charge in [-0.3, -0.25) is 4.79 Å². The molecule has 1 aliphatic rings. The zero-order valence-electron chi connectivity index (χ0n) is 12.4. The van der Waals surface area contributed by atoms with Crippen molar-refractivity contribution in [2.24, 2.45) is 0 Å². The number of carbonyl (C=O) groups is 1. The number of thiophene rings is 1. The summed E-state index contributed by atoms with van der Waals surface area (Å²) in [7, 11) is 0. The van der Waals surface area contributed by atoms with Crippen LogP contribution in [0.2, 0.25) is 0 Å². The third kappa shape index (κ3) is 3.57. The summed E-state index contributed by atoms with van der Waals surface area (Å²) in [4.78, 5) is 23.3. The molecular weight excluding hydrogens is 319 g/mol. The van der Waals surface area contributed by atoms with Gasteiger partial charge in [0.05, 0.1) is 6.54 Å². The van der Waals surface area contributed by atoms with E-state index in [9.17, 15) is 9.28 Å². The summed E-state index contributed by atoms with van der Waals surface area (Å²) in [6, 6.07) is 4.70. The van der Waals surface area contributed by atoms with Gasteiger partial charge in [-0.25, -0.2) is 0 Å². The van der Waals surface area contributed by atoms with Gasteiger partial charge in [0, 0.05) is 30.5 Å². The molecule has 9 heteroatoms. The molecule has 122 valence electrons. The average molecular weight is 336 g/mol. The van der Waals surface area contributed by atoms with Crippen molar-refractivity contribution < 1.29 is 9.28 Å². The van der Waals surface area contributed by atoms with Gasteiger partial charge in [-0.15, -0.1) is 20.9 Å². The lowest BCUT2D eigenvalue weighted by molar-refractivity contribution is -0.122. The van der Waals surface area contributed by atoms with Gasteiger partial charge in [0.2, 0.25) is 5.95 Å². The van der Waals surface area contributed by atoms with Gasteiger partial charge in [0.1, 0.15) is 17.7 Å². The summed E-state index contributed by atoms with van der Waals surface area (Å²) in [6.45, 7) is 0.508. The Labute approximate surface area is 136 Å². The molecule has 0 aromatic carbocycles. The lowest BCUT2D eigenvalue weighted by Crippen LogP contribution is -2.55. The maximum absolute atomic E-state index is 13.7. The Bertz CT molecular complexity index is 674. The van der Waals surface area contributed by atoms with E-state index in [1.165, 1.54) is 11.3 Å². The number of Topliss-reactive ketones (excluding diaryl/α,β-unsaturated/α-hetero) is 1. The molecule has 1 saturated heterocycles. The van der Waals surface area contributed by atoms with Crippen molar-refractivity contribution in [2.45, 2.75) is 12.5 Å². The molecule has 1 fully saturated rings. The highest BCUT2D eigenvalue weighted by atomic mass is 32.1. The first-order chi connectivity index (χ1) is 11.0. The Kier molecular flexibility index (Phi) is 4.39. The van der Waals surface area contributed by atoms with E-state index in [0.717, 1.165) is 4.88 Å². The molecular formula is C14H17FN6OS. The van der Waals surface area contributed by atoms with Crippen LogP contribution in [0.4, 0.5) is 22.1 Å². The molecule has 2 aromatic heterocycles. The molecule has 4 N–H and O–H groups in total. The monoisotopic (exact) mass is 336 g/mol. The Morgan fingerprint density at radius 1 is 1.39 bits per heavy atom. The summed E-state index contributed by atoms with van der Waals surface area (Å²) >= 11 is 1.51. The second-order valence-corrected chi connectivity index (χ2v) is 6.34. The van der Waals surface area contributed by atoms with Crippen LogP contribution in [0, 0.1) is 0 Å². The van der Waals surface area contributed by atoms with Crippen LogP contribution in [0.3, 0.4) is 0 Å². The first-order valence-corrected chi connectivity index (χ1v) is 8.03. The molecule has 0 saturated carbocycles. The number of halogens is 1. The Morgan fingerprint density at radius 3 is 2.91 bits per heavy atom. The van der Waals surface area contributed by atoms with E-state index < -0.39 is 6.04 Å². The summed E-state index contributed by atoms with van der Waals surface area (Å²) < 4.78 is 13.7. The Hall–Kier alpha value is -2.26. The third-order valence-corrected chi connectivity index (χ3v) is 4.55. The number of piperazine rings is 1. The van der Waals surface area contributed by atoms with Crippen molar-refractivity contribution in [1.29, 1.82) is 0 Å². The second-order valence-electron chi connectivity index (χ2n) is 5.31. The Balaban J connectivity index is 1.85. The fourth-order valence-corrected chi connectivity index (χ4v) is 3.34. The van der Waals surface area contributed by atoms with E-state index in [4.69, 9.17) is 11.5 Å². The van der Waals surface area contributed by atoms with Crippen molar-refractivity contribution in [3.63, 3.8) is 0 Å². The number of anilines is 3. The van der Waals surface area contributed by atoms with Crippen LogP contribution < -0.4 is 16.4 Å². The van der Waals surface area contributed by atoms with Crippen LogP contribution in [0.5, 0.6) is 0 Å². The molecule has 1 unspecified atom stereocenters. The summed E-state index contributed by atoms with van der Waals surface area (Å²) in [5.41, 5.74) is 11.3. The minimum absolute atomic E-state index is 0.00593. The third-order valence-electron chi connectivity index (χ3n) is 3.68. The molecule has 0 amide bonds. The second kappa shape index (κ2) is 6.47. The van der Waals surface area contributed by atoms with Crippen molar-refractivity contribution in [3.8, 4) is 0 Å². The molecule has 0 radical (unpaired) electrons. The number of rotatable bonds is 4. The number of aromatic nitrogens is 2. The van der Waals surface area contributed by atoms with Crippen LogP contribution >= 0.6 is 11.3 Å². The van der Waals surface area contributed by atoms with Crippen molar-refractivity contribution >= 4 is 34.7 Å². The van der Waals surface area contributed by atoms with E-state index in [1.807, 2.05) is 17.5 Å². The number of hydrogen-bond donors (Lipinski definition) is 2.